The zero-order valence-electron chi connectivity index (χ0n) is 8.16. The summed E-state index contributed by atoms with van der Waals surface area (Å²) in [6.07, 6.45) is 2.94. The maximum atomic E-state index is 8.72. The number of halogens is 1. The minimum atomic E-state index is 0.470. The highest BCUT2D eigenvalue weighted by Gasteiger charge is 2.05. The molecule has 0 aliphatic heterocycles. The highest BCUT2D eigenvalue weighted by atomic mass is 127. The minimum absolute atomic E-state index is 0.470. The van der Waals surface area contributed by atoms with Gasteiger partial charge in [0.05, 0.1) is 30.6 Å². The third-order valence-electron chi connectivity index (χ3n) is 2.38. The van der Waals surface area contributed by atoms with Crippen LogP contribution in [0.5, 0.6) is 0 Å². The molecule has 0 saturated carbocycles. The van der Waals surface area contributed by atoms with Crippen molar-refractivity contribution >= 4 is 39.3 Å². The molecule has 5 heteroatoms. The SMILES string of the molecule is Cc1cc2cnn(PI)c2cc1CC#N. The second-order valence-electron chi connectivity index (χ2n) is 3.31. The number of aromatic nitrogens is 2. The van der Waals surface area contributed by atoms with Crippen molar-refractivity contribution in [3.05, 3.63) is 29.5 Å². The first-order valence-electron chi connectivity index (χ1n) is 4.47. The van der Waals surface area contributed by atoms with Gasteiger partial charge in [-0.15, -0.1) is 0 Å². The summed E-state index contributed by atoms with van der Waals surface area (Å²) in [4.78, 5) is 0. The van der Waals surface area contributed by atoms with Crippen molar-refractivity contribution in [2.24, 2.45) is 0 Å². The number of rotatable bonds is 2. The number of aryl methyl sites for hydroxylation is 1. The molecular formula is C10H9IN3P. The van der Waals surface area contributed by atoms with Gasteiger partial charge < -0.3 is 0 Å². The lowest BCUT2D eigenvalue weighted by Crippen LogP contribution is -1.89. The fourth-order valence-corrected chi connectivity index (χ4v) is 3.11. The molecule has 1 aromatic heterocycles. The van der Waals surface area contributed by atoms with Crippen LogP contribution in [-0.2, 0) is 6.42 Å². The number of hydrogen-bond acceptors (Lipinski definition) is 2. The molecule has 0 spiro atoms. The van der Waals surface area contributed by atoms with Crippen LogP contribution in [0, 0.1) is 18.3 Å². The molecule has 0 N–H and O–H groups in total. The molecule has 1 aromatic carbocycles. The van der Waals surface area contributed by atoms with Gasteiger partial charge in [0.15, 0.2) is 0 Å². The Morgan fingerprint density at radius 2 is 2.40 bits per heavy atom. The van der Waals surface area contributed by atoms with E-state index in [-0.39, 0.29) is 0 Å². The van der Waals surface area contributed by atoms with Crippen molar-refractivity contribution in [1.82, 2.24) is 9.55 Å². The molecule has 0 aliphatic rings. The summed E-state index contributed by atoms with van der Waals surface area (Å²) in [6.45, 7) is 2.04. The van der Waals surface area contributed by atoms with Gasteiger partial charge in [-0.25, -0.2) is 4.45 Å². The molecule has 1 heterocycles. The van der Waals surface area contributed by atoms with Crippen molar-refractivity contribution < 1.29 is 0 Å². The van der Waals surface area contributed by atoms with E-state index in [2.05, 4.69) is 45.3 Å². The lowest BCUT2D eigenvalue weighted by molar-refractivity contribution is 1.04. The molecule has 0 saturated heterocycles. The monoisotopic (exact) mass is 329 g/mol. The van der Waals surface area contributed by atoms with Crippen molar-refractivity contribution in [1.29, 1.82) is 5.26 Å². The highest BCUT2D eigenvalue weighted by Crippen LogP contribution is 2.29. The van der Waals surface area contributed by atoms with E-state index in [1.165, 1.54) is 5.56 Å². The number of benzene rings is 1. The van der Waals surface area contributed by atoms with E-state index in [4.69, 9.17) is 5.26 Å². The normalized spacial score (nSPS) is 11.3. The fourth-order valence-electron chi connectivity index (χ4n) is 1.57. The highest BCUT2D eigenvalue weighted by molar-refractivity contribution is 14.2. The van der Waals surface area contributed by atoms with Crippen LogP contribution >= 0.6 is 28.4 Å². The lowest BCUT2D eigenvalue weighted by Gasteiger charge is -2.03. The van der Waals surface area contributed by atoms with Crippen molar-refractivity contribution in [2.75, 3.05) is 0 Å². The van der Waals surface area contributed by atoms with E-state index >= 15 is 0 Å². The van der Waals surface area contributed by atoms with Gasteiger partial charge in [0.2, 0.25) is 0 Å². The Hall–Kier alpha value is -0.660. The maximum absolute atomic E-state index is 8.72. The number of nitriles is 1. The van der Waals surface area contributed by atoms with Gasteiger partial charge in [0, 0.05) is 5.39 Å². The van der Waals surface area contributed by atoms with Crippen LogP contribution in [-0.4, -0.2) is 9.55 Å². The number of hydrogen-bond donors (Lipinski definition) is 0. The summed E-state index contributed by atoms with van der Waals surface area (Å²) in [5.74, 6) is 0. The number of nitrogens with zero attached hydrogens (tertiary/aromatic N) is 3. The predicted octanol–water partition coefficient (Wildman–Crippen LogP) is 3.20. The summed E-state index contributed by atoms with van der Waals surface area (Å²) < 4.78 is 1.97. The Kier molecular flexibility index (Phi) is 3.22. The maximum Gasteiger partial charge on any atom is 0.0732 e. The first-order chi connectivity index (χ1) is 7.26. The summed E-state index contributed by atoms with van der Waals surface area (Å²) >= 11 is 2.30. The summed E-state index contributed by atoms with van der Waals surface area (Å²) in [5.41, 5.74) is 3.39. The van der Waals surface area contributed by atoms with Gasteiger partial charge in [-0.3, -0.25) is 0 Å². The molecule has 0 bridgehead atoms. The van der Waals surface area contributed by atoms with Crippen LogP contribution < -0.4 is 0 Å². The minimum Gasteiger partial charge on any atom is -0.237 e. The molecule has 0 fully saturated rings. The standard InChI is InChI=1S/C10H9IN3P/c1-7-4-9-6-13-14(15-11)10(9)5-8(7)2-3-12/h4-6,15H,2H2,1H3. The van der Waals surface area contributed by atoms with Crippen molar-refractivity contribution in [2.45, 2.75) is 13.3 Å². The molecule has 2 rings (SSSR count). The molecule has 2 aromatic rings. The van der Waals surface area contributed by atoms with Crippen molar-refractivity contribution in [3.8, 4) is 6.07 Å². The van der Waals surface area contributed by atoms with Crippen LogP contribution in [0.1, 0.15) is 11.1 Å². The molecule has 1 atom stereocenters. The van der Waals surface area contributed by atoms with Gasteiger partial charge in [-0.05, 0) is 52.2 Å². The second-order valence-corrected chi connectivity index (χ2v) is 5.35. The van der Waals surface area contributed by atoms with Crippen LogP contribution in [0.25, 0.3) is 10.9 Å². The van der Waals surface area contributed by atoms with Gasteiger partial charge in [0.1, 0.15) is 0 Å². The van der Waals surface area contributed by atoms with E-state index < -0.39 is 0 Å². The van der Waals surface area contributed by atoms with E-state index in [9.17, 15) is 0 Å². The Morgan fingerprint density at radius 1 is 1.60 bits per heavy atom. The summed E-state index contributed by atoms with van der Waals surface area (Å²) in [5, 5.41) is 14.2. The van der Waals surface area contributed by atoms with Crippen LogP contribution in [0.3, 0.4) is 0 Å². The molecule has 76 valence electrons. The van der Waals surface area contributed by atoms with E-state index in [1.54, 1.807) is 0 Å². The molecule has 15 heavy (non-hydrogen) atoms. The zero-order chi connectivity index (χ0) is 10.8. The Labute approximate surface area is 103 Å². The summed E-state index contributed by atoms with van der Waals surface area (Å²) in [6, 6.07) is 6.37. The average Bonchev–Trinajstić information content (AvgIpc) is 2.61. The van der Waals surface area contributed by atoms with Crippen LogP contribution in [0.4, 0.5) is 0 Å². The smallest absolute Gasteiger partial charge is 0.0732 e. The predicted molar refractivity (Wildman–Crippen MR) is 71.5 cm³/mol. The van der Waals surface area contributed by atoms with E-state index in [0.29, 0.717) is 12.8 Å². The Bertz CT molecular complexity index is 541. The Morgan fingerprint density at radius 3 is 3.07 bits per heavy atom. The van der Waals surface area contributed by atoms with Gasteiger partial charge in [0.25, 0.3) is 0 Å². The summed E-state index contributed by atoms with van der Waals surface area (Å²) in [7, 11) is 0. The lowest BCUT2D eigenvalue weighted by atomic mass is 10.0. The van der Waals surface area contributed by atoms with Crippen LogP contribution in [0.15, 0.2) is 18.3 Å². The molecule has 0 radical (unpaired) electrons. The Balaban J connectivity index is 2.65. The van der Waals surface area contributed by atoms with Crippen molar-refractivity contribution in [3.63, 3.8) is 0 Å². The molecule has 0 aliphatic carbocycles. The topological polar surface area (TPSA) is 41.6 Å². The molecule has 3 nitrogen and oxygen atoms in total. The fraction of sp³-hybridized carbons (Fsp3) is 0.200. The second kappa shape index (κ2) is 4.46. The van der Waals surface area contributed by atoms with Gasteiger partial charge >= 0.3 is 0 Å². The van der Waals surface area contributed by atoms with Gasteiger partial charge in [-0.2, -0.15) is 10.4 Å². The molecule has 0 amide bonds. The number of fused-ring (bicyclic) bond motifs is 1. The quantitative estimate of drug-likeness (QED) is 0.627. The zero-order valence-corrected chi connectivity index (χ0v) is 11.3. The van der Waals surface area contributed by atoms with Gasteiger partial charge in [-0.1, -0.05) is 0 Å². The molecule has 1 unspecified atom stereocenters. The first-order valence-corrected chi connectivity index (χ1v) is 8.53. The first kappa shape index (κ1) is 10.8. The third kappa shape index (κ3) is 1.99. The van der Waals surface area contributed by atoms with E-state index in [1.807, 2.05) is 17.6 Å². The van der Waals surface area contributed by atoms with Crippen LogP contribution in [0.2, 0.25) is 0 Å². The third-order valence-corrected chi connectivity index (χ3v) is 4.26. The molecular weight excluding hydrogens is 320 g/mol. The average molecular weight is 329 g/mol. The largest absolute Gasteiger partial charge is 0.237 e. The van der Waals surface area contributed by atoms with E-state index in [0.717, 1.165) is 16.5 Å².